The second-order valence-electron chi connectivity index (χ2n) is 13.6. The largest absolute Gasteiger partial charge is 0.394 e. The van der Waals surface area contributed by atoms with Crippen molar-refractivity contribution in [3.8, 4) is 0 Å². The van der Waals surface area contributed by atoms with Crippen molar-refractivity contribution in [3.05, 3.63) is 54.7 Å². The standard InChI is InChI=1S/C21H30O2.C10H13N5O4/c1-13(22)17-6-7-18-16-5-4-14-12-15(23)8-10-20(14,2)19(16)9-11-21(17,18)3;1-5-3-15(10(18)12-9(5)17)8-2-6(13-14-11)7(4-16)19-8/h12,16-19H,4-11H2,1-3H3;3,6-8,16H,2,4H2,1H3,(H,12,17,18)/t16-,17+,18-,19-,20-,21+;6-,7+,8+/m00/s1. The van der Waals surface area contributed by atoms with Gasteiger partial charge in [-0.05, 0) is 99.0 Å². The Kier molecular flexibility index (Phi) is 8.40. The number of aromatic amines is 1. The minimum absolute atomic E-state index is 0.245. The molecule has 1 aliphatic heterocycles. The van der Waals surface area contributed by atoms with Crippen molar-refractivity contribution < 1.29 is 19.4 Å². The fourth-order valence-corrected chi connectivity index (χ4v) is 9.27. The summed E-state index contributed by atoms with van der Waals surface area (Å²) in [6.07, 6.45) is 11.3. The molecular formula is C31H43N5O6. The summed E-state index contributed by atoms with van der Waals surface area (Å²) in [6, 6.07) is -0.542. The lowest BCUT2D eigenvalue weighted by molar-refractivity contribution is -0.128. The molecule has 11 heteroatoms. The summed E-state index contributed by atoms with van der Waals surface area (Å²) in [4.78, 5) is 51.8. The normalized spacial score (nSPS) is 38.6. The Morgan fingerprint density at radius 3 is 2.62 bits per heavy atom. The summed E-state index contributed by atoms with van der Waals surface area (Å²) in [5.74, 6) is 3.29. The zero-order valence-electron chi connectivity index (χ0n) is 25.0. The number of ketones is 2. The number of rotatable bonds is 4. The second kappa shape index (κ2) is 11.6. The van der Waals surface area contributed by atoms with Crippen LogP contribution in [0.5, 0.6) is 0 Å². The molecule has 0 spiro atoms. The molecule has 6 rings (SSSR count). The molecule has 1 aromatic heterocycles. The van der Waals surface area contributed by atoms with Gasteiger partial charge < -0.3 is 9.84 Å². The molecule has 2 heterocycles. The number of hydrogen-bond acceptors (Lipinski definition) is 7. The first-order chi connectivity index (χ1) is 19.9. The van der Waals surface area contributed by atoms with Crippen molar-refractivity contribution in [2.75, 3.05) is 6.61 Å². The Labute approximate surface area is 245 Å². The Bertz CT molecular complexity index is 1440. The number of Topliss-reactive ketones (excluding diaryl/α,β-unsaturated/α-hetero) is 1. The van der Waals surface area contributed by atoms with Gasteiger partial charge in [0.15, 0.2) is 5.78 Å². The van der Waals surface area contributed by atoms with Gasteiger partial charge in [-0.1, -0.05) is 24.5 Å². The first kappa shape index (κ1) is 30.4. The highest BCUT2D eigenvalue weighted by Crippen LogP contribution is 2.66. The average molecular weight is 582 g/mol. The monoisotopic (exact) mass is 581 g/mol. The van der Waals surface area contributed by atoms with Crippen LogP contribution >= 0.6 is 0 Å². The maximum absolute atomic E-state index is 12.1. The lowest BCUT2D eigenvalue weighted by Gasteiger charge is -2.58. The number of fused-ring (bicyclic) bond motifs is 5. The minimum atomic E-state index is -0.671. The smallest absolute Gasteiger partial charge is 0.330 e. The van der Waals surface area contributed by atoms with Crippen LogP contribution in [0.25, 0.3) is 10.4 Å². The van der Waals surface area contributed by atoms with E-state index in [4.69, 9.17) is 15.4 Å². The van der Waals surface area contributed by atoms with Gasteiger partial charge in [-0.25, -0.2) is 4.79 Å². The van der Waals surface area contributed by atoms with Gasteiger partial charge in [0.2, 0.25) is 0 Å². The predicted octanol–water partition coefficient (Wildman–Crippen LogP) is 4.53. The zero-order chi connectivity index (χ0) is 30.4. The van der Waals surface area contributed by atoms with E-state index in [1.54, 1.807) is 13.8 Å². The molecule has 3 saturated carbocycles. The number of azide groups is 1. The number of aromatic nitrogens is 2. The molecule has 1 saturated heterocycles. The van der Waals surface area contributed by atoms with Gasteiger partial charge >= 0.3 is 5.69 Å². The maximum Gasteiger partial charge on any atom is 0.330 e. The van der Waals surface area contributed by atoms with E-state index in [0.29, 0.717) is 23.0 Å². The van der Waals surface area contributed by atoms with Crippen LogP contribution in [-0.4, -0.2) is 45.0 Å². The number of aliphatic hydroxyl groups excluding tert-OH is 1. The molecule has 0 unspecified atom stereocenters. The molecular weight excluding hydrogens is 538 g/mol. The van der Waals surface area contributed by atoms with Crippen molar-refractivity contribution in [2.24, 2.45) is 39.6 Å². The van der Waals surface area contributed by atoms with E-state index in [1.807, 2.05) is 6.08 Å². The van der Waals surface area contributed by atoms with Crippen molar-refractivity contribution in [1.29, 1.82) is 0 Å². The van der Waals surface area contributed by atoms with Gasteiger partial charge in [-0.15, -0.1) is 0 Å². The van der Waals surface area contributed by atoms with Crippen LogP contribution in [0.15, 0.2) is 32.5 Å². The van der Waals surface area contributed by atoms with Crippen LogP contribution in [0, 0.1) is 41.4 Å². The van der Waals surface area contributed by atoms with Crippen LogP contribution in [0.3, 0.4) is 0 Å². The Morgan fingerprint density at radius 2 is 1.93 bits per heavy atom. The Hall–Kier alpha value is -3.01. The molecule has 0 aromatic carbocycles. The Morgan fingerprint density at radius 1 is 1.17 bits per heavy atom. The second-order valence-corrected chi connectivity index (χ2v) is 13.6. The molecule has 42 heavy (non-hydrogen) atoms. The summed E-state index contributed by atoms with van der Waals surface area (Å²) in [5.41, 5.74) is 9.70. The molecule has 0 amide bonds. The van der Waals surface area contributed by atoms with E-state index < -0.39 is 29.6 Å². The van der Waals surface area contributed by atoms with Crippen molar-refractivity contribution in [2.45, 2.75) is 104 Å². The van der Waals surface area contributed by atoms with Crippen LogP contribution in [0.1, 0.15) is 90.3 Å². The van der Waals surface area contributed by atoms with Gasteiger partial charge in [0.25, 0.3) is 5.56 Å². The molecule has 0 bridgehead atoms. The number of ether oxygens (including phenoxy) is 1. The van der Waals surface area contributed by atoms with Crippen LogP contribution < -0.4 is 11.2 Å². The van der Waals surface area contributed by atoms with E-state index in [2.05, 4.69) is 28.9 Å². The average Bonchev–Trinajstić information content (AvgIpc) is 3.52. The molecule has 11 nitrogen and oxygen atoms in total. The van der Waals surface area contributed by atoms with Gasteiger partial charge in [0, 0.05) is 35.4 Å². The first-order valence-corrected chi connectivity index (χ1v) is 15.3. The molecule has 4 fully saturated rings. The number of aliphatic hydroxyl groups is 1. The van der Waals surface area contributed by atoms with E-state index >= 15 is 0 Å². The van der Waals surface area contributed by atoms with E-state index in [0.717, 1.165) is 43.4 Å². The van der Waals surface area contributed by atoms with Gasteiger partial charge in [-0.3, -0.25) is 23.9 Å². The van der Waals surface area contributed by atoms with Crippen molar-refractivity contribution in [1.82, 2.24) is 9.55 Å². The predicted molar refractivity (Wildman–Crippen MR) is 155 cm³/mol. The molecule has 9 atom stereocenters. The Balaban J connectivity index is 0.000000172. The zero-order valence-corrected chi connectivity index (χ0v) is 25.0. The number of carbonyl (C=O) groups is 2. The minimum Gasteiger partial charge on any atom is -0.394 e. The molecule has 5 aliphatic rings. The summed E-state index contributed by atoms with van der Waals surface area (Å²) in [7, 11) is 0. The van der Waals surface area contributed by atoms with Crippen LogP contribution in [-0.2, 0) is 14.3 Å². The van der Waals surface area contributed by atoms with Gasteiger partial charge in [0.05, 0.1) is 18.8 Å². The van der Waals surface area contributed by atoms with E-state index in [-0.39, 0.29) is 23.9 Å². The van der Waals surface area contributed by atoms with E-state index in [9.17, 15) is 19.2 Å². The number of nitrogens with one attached hydrogen (secondary N) is 1. The highest BCUT2D eigenvalue weighted by atomic mass is 16.5. The summed E-state index contributed by atoms with van der Waals surface area (Å²) >= 11 is 0. The molecule has 2 N–H and O–H groups in total. The summed E-state index contributed by atoms with van der Waals surface area (Å²) in [5, 5.41) is 12.7. The third-order valence-corrected chi connectivity index (χ3v) is 11.5. The third-order valence-electron chi connectivity index (χ3n) is 11.5. The van der Waals surface area contributed by atoms with Gasteiger partial charge in [0.1, 0.15) is 12.0 Å². The topological polar surface area (TPSA) is 167 Å². The number of H-pyrrole nitrogens is 1. The molecule has 0 radical (unpaired) electrons. The number of hydrogen-bond donors (Lipinski definition) is 2. The highest BCUT2D eigenvalue weighted by molar-refractivity contribution is 5.91. The first-order valence-electron chi connectivity index (χ1n) is 15.3. The van der Waals surface area contributed by atoms with Gasteiger partial charge in [-0.2, -0.15) is 0 Å². The number of carbonyl (C=O) groups excluding carboxylic acids is 2. The van der Waals surface area contributed by atoms with Crippen LogP contribution in [0.4, 0.5) is 0 Å². The fourth-order valence-electron chi connectivity index (χ4n) is 9.27. The van der Waals surface area contributed by atoms with Crippen molar-refractivity contribution >= 4 is 11.6 Å². The number of nitrogens with zero attached hydrogens (tertiary/aromatic N) is 4. The number of aryl methyl sites for hydroxylation is 1. The lowest BCUT2D eigenvalue weighted by atomic mass is 9.47. The maximum atomic E-state index is 12.1. The fraction of sp³-hybridized carbons (Fsp3) is 0.742. The quantitative estimate of drug-likeness (QED) is 0.301. The molecule has 228 valence electrons. The van der Waals surface area contributed by atoms with Crippen molar-refractivity contribution in [3.63, 3.8) is 0 Å². The lowest BCUT2D eigenvalue weighted by Crippen LogP contribution is -2.51. The third kappa shape index (κ3) is 5.20. The molecule has 4 aliphatic carbocycles. The summed E-state index contributed by atoms with van der Waals surface area (Å²) < 4.78 is 6.69. The number of allylic oxidation sites excluding steroid dienone is 1. The van der Waals surface area contributed by atoms with Crippen LogP contribution in [0.2, 0.25) is 0 Å². The summed E-state index contributed by atoms with van der Waals surface area (Å²) in [6.45, 7) is 7.91. The SMILES string of the molecule is CC(=O)[C@H]1CC[C@H]2[C@@H]3CCC4=CC(=O)CC[C@]4(C)[C@H]3CC[C@]12C.Cc1cn([C@H]2C[C@H](N=[N+]=[N-])[C@@H](CO)O2)c(=O)[nH]c1=O. The molecule has 1 aromatic rings. The van der Waals surface area contributed by atoms with E-state index in [1.165, 1.54) is 42.0 Å². The highest BCUT2D eigenvalue weighted by Gasteiger charge is 2.59.